The van der Waals surface area contributed by atoms with Crippen LogP contribution in [0.3, 0.4) is 0 Å². The highest BCUT2D eigenvalue weighted by Crippen LogP contribution is 2.39. The van der Waals surface area contributed by atoms with E-state index in [2.05, 4.69) is 53.5 Å². The number of fused-ring (bicyclic) bond motifs is 1. The van der Waals surface area contributed by atoms with Crippen molar-refractivity contribution in [2.24, 2.45) is 0 Å². The molecule has 1 aliphatic heterocycles. The van der Waals surface area contributed by atoms with Crippen LogP contribution in [0.1, 0.15) is 41.7 Å². The predicted octanol–water partition coefficient (Wildman–Crippen LogP) is 4.21. The Labute approximate surface area is 105 Å². The Morgan fingerprint density at radius 1 is 0.765 bits per heavy atom. The van der Waals surface area contributed by atoms with Gasteiger partial charge in [-0.1, -0.05) is 0 Å². The lowest BCUT2D eigenvalue weighted by Gasteiger charge is -2.34. The number of allylic oxidation sites excluding steroid dienone is 2. The minimum absolute atomic E-state index is 1.11. The second kappa shape index (κ2) is 3.90. The highest BCUT2D eigenvalue weighted by atomic mass is 15.1. The van der Waals surface area contributed by atoms with Gasteiger partial charge >= 0.3 is 0 Å². The molecule has 0 unspecified atom stereocenters. The van der Waals surface area contributed by atoms with E-state index >= 15 is 0 Å². The molecule has 1 heterocycles. The maximum Gasteiger partial charge on any atom is 0.0476 e. The summed E-state index contributed by atoms with van der Waals surface area (Å²) in [6.07, 6.45) is 1.11. The summed E-state index contributed by atoms with van der Waals surface area (Å²) in [7, 11) is 2.19. The van der Waals surface area contributed by atoms with Gasteiger partial charge < -0.3 is 4.90 Å². The molecule has 0 atom stereocenters. The fourth-order valence-corrected chi connectivity index (χ4v) is 2.89. The quantitative estimate of drug-likeness (QED) is 0.644. The Bertz CT molecular complexity index is 521. The van der Waals surface area contributed by atoms with Crippen LogP contribution in [0.2, 0.25) is 0 Å². The molecule has 1 heteroatoms. The van der Waals surface area contributed by atoms with Crippen LogP contribution >= 0.6 is 0 Å². The zero-order valence-electron chi connectivity index (χ0n) is 12.2. The predicted molar refractivity (Wildman–Crippen MR) is 75.9 cm³/mol. The zero-order valence-corrected chi connectivity index (χ0v) is 12.2. The summed E-state index contributed by atoms with van der Waals surface area (Å²) >= 11 is 0. The molecule has 0 aliphatic carbocycles. The van der Waals surface area contributed by atoms with E-state index in [-0.39, 0.29) is 0 Å². The minimum Gasteiger partial charge on any atom is -0.348 e. The standard InChI is InChI=1S/C16H23N/c1-9-8-15-12(4)10(2)11(3)13(5)16(15)17(7)14(9)6/h8H2,1-7H3. The molecule has 0 N–H and O–H groups in total. The minimum atomic E-state index is 1.11. The average Bonchev–Trinajstić information content (AvgIpc) is 2.30. The number of hydrogen-bond donors (Lipinski definition) is 0. The lowest BCUT2D eigenvalue weighted by Crippen LogP contribution is -2.24. The van der Waals surface area contributed by atoms with Crippen LogP contribution in [0.25, 0.3) is 0 Å². The summed E-state index contributed by atoms with van der Waals surface area (Å²) in [5.41, 5.74) is 11.7. The second-order valence-corrected chi connectivity index (χ2v) is 5.43. The number of anilines is 1. The third-order valence-electron chi connectivity index (χ3n) is 4.68. The van der Waals surface area contributed by atoms with E-state index in [0.717, 1.165) is 6.42 Å². The van der Waals surface area contributed by atoms with E-state index in [9.17, 15) is 0 Å². The van der Waals surface area contributed by atoms with Gasteiger partial charge in [0.2, 0.25) is 0 Å². The Morgan fingerprint density at radius 3 is 1.88 bits per heavy atom. The fourth-order valence-electron chi connectivity index (χ4n) is 2.89. The van der Waals surface area contributed by atoms with Crippen LogP contribution in [-0.2, 0) is 6.42 Å². The molecule has 2 rings (SSSR count). The normalized spacial score (nSPS) is 15.4. The number of benzene rings is 1. The SMILES string of the molecule is CC1=C(C)N(C)c2c(C)c(C)c(C)c(C)c2C1. The first kappa shape index (κ1) is 12.2. The summed E-state index contributed by atoms with van der Waals surface area (Å²) in [6.45, 7) is 13.5. The maximum atomic E-state index is 2.36. The molecular weight excluding hydrogens is 206 g/mol. The van der Waals surface area contributed by atoms with E-state index in [1.165, 1.54) is 44.8 Å². The highest BCUT2D eigenvalue weighted by molar-refractivity contribution is 5.71. The first-order valence-corrected chi connectivity index (χ1v) is 6.35. The number of nitrogens with zero attached hydrogens (tertiary/aromatic N) is 1. The molecule has 0 saturated carbocycles. The van der Waals surface area contributed by atoms with E-state index in [0.29, 0.717) is 0 Å². The smallest absolute Gasteiger partial charge is 0.0476 e. The molecule has 0 spiro atoms. The van der Waals surface area contributed by atoms with E-state index in [1.54, 1.807) is 0 Å². The number of rotatable bonds is 0. The van der Waals surface area contributed by atoms with Gasteiger partial charge in [-0.15, -0.1) is 0 Å². The molecule has 92 valence electrons. The van der Waals surface area contributed by atoms with Crippen molar-refractivity contribution in [3.05, 3.63) is 39.1 Å². The molecule has 0 aromatic heterocycles. The summed E-state index contributed by atoms with van der Waals surface area (Å²) in [6, 6.07) is 0. The zero-order chi connectivity index (χ0) is 12.9. The Kier molecular flexibility index (Phi) is 2.81. The van der Waals surface area contributed by atoms with Gasteiger partial charge in [-0.25, -0.2) is 0 Å². The van der Waals surface area contributed by atoms with Gasteiger partial charge in [0.15, 0.2) is 0 Å². The molecule has 1 aromatic rings. The Hall–Kier alpha value is -1.24. The van der Waals surface area contributed by atoms with Gasteiger partial charge in [0.25, 0.3) is 0 Å². The molecular formula is C16H23N. The third kappa shape index (κ3) is 1.60. The van der Waals surface area contributed by atoms with Crippen LogP contribution in [-0.4, -0.2) is 7.05 Å². The van der Waals surface area contributed by atoms with Crippen molar-refractivity contribution in [1.82, 2.24) is 0 Å². The molecule has 0 bridgehead atoms. The van der Waals surface area contributed by atoms with Crippen molar-refractivity contribution in [3.63, 3.8) is 0 Å². The van der Waals surface area contributed by atoms with Crippen LogP contribution in [0.15, 0.2) is 11.3 Å². The second-order valence-electron chi connectivity index (χ2n) is 5.43. The summed E-state index contributed by atoms with van der Waals surface area (Å²) in [5.74, 6) is 0. The number of hydrogen-bond acceptors (Lipinski definition) is 1. The van der Waals surface area contributed by atoms with Crippen molar-refractivity contribution < 1.29 is 0 Å². The van der Waals surface area contributed by atoms with Gasteiger partial charge in [-0.05, 0) is 81.4 Å². The van der Waals surface area contributed by atoms with Crippen molar-refractivity contribution in [2.45, 2.75) is 48.0 Å². The van der Waals surface area contributed by atoms with Gasteiger partial charge in [0, 0.05) is 18.4 Å². The summed E-state index contributed by atoms with van der Waals surface area (Å²) in [4.78, 5) is 2.36. The van der Waals surface area contributed by atoms with Crippen molar-refractivity contribution in [3.8, 4) is 0 Å². The lowest BCUT2D eigenvalue weighted by molar-refractivity contribution is 0.924. The summed E-state index contributed by atoms with van der Waals surface area (Å²) < 4.78 is 0. The Morgan fingerprint density at radius 2 is 1.29 bits per heavy atom. The monoisotopic (exact) mass is 229 g/mol. The van der Waals surface area contributed by atoms with Crippen molar-refractivity contribution >= 4 is 5.69 Å². The highest BCUT2D eigenvalue weighted by Gasteiger charge is 2.23. The first-order valence-electron chi connectivity index (χ1n) is 6.35. The van der Waals surface area contributed by atoms with Crippen molar-refractivity contribution in [2.75, 3.05) is 11.9 Å². The molecule has 0 saturated heterocycles. The largest absolute Gasteiger partial charge is 0.348 e. The first-order chi connectivity index (χ1) is 7.86. The van der Waals surface area contributed by atoms with Gasteiger partial charge in [-0.3, -0.25) is 0 Å². The molecule has 0 amide bonds. The van der Waals surface area contributed by atoms with Crippen LogP contribution < -0.4 is 4.90 Å². The molecule has 1 nitrogen and oxygen atoms in total. The van der Waals surface area contributed by atoms with E-state index in [1.807, 2.05) is 0 Å². The van der Waals surface area contributed by atoms with Gasteiger partial charge in [0.05, 0.1) is 0 Å². The average molecular weight is 229 g/mol. The maximum absolute atomic E-state index is 2.36. The Balaban J connectivity index is 2.78. The molecule has 1 aliphatic rings. The van der Waals surface area contributed by atoms with Crippen LogP contribution in [0, 0.1) is 27.7 Å². The van der Waals surface area contributed by atoms with Crippen LogP contribution in [0.5, 0.6) is 0 Å². The van der Waals surface area contributed by atoms with Crippen LogP contribution in [0.4, 0.5) is 5.69 Å². The van der Waals surface area contributed by atoms with Gasteiger partial charge in [-0.2, -0.15) is 0 Å². The molecule has 0 fully saturated rings. The molecule has 1 aromatic carbocycles. The van der Waals surface area contributed by atoms with Crippen molar-refractivity contribution in [1.29, 1.82) is 0 Å². The van der Waals surface area contributed by atoms with E-state index in [4.69, 9.17) is 0 Å². The summed E-state index contributed by atoms with van der Waals surface area (Å²) in [5, 5.41) is 0. The topological polar surface area (TPSA) is 3.24 Å². The van der Waals surface area contributed by atoms with E-state index < -0.39 is 0 Å². The molecule has 0 radical (unpaired) electrons. The third-order valence-corrected chi connectivity index (χ3v) is 4.68. The molecule has 17 heavy (non-hydrogen) atoms. The fraction of sp³-hybridized carbons (Fsp3) is 0.500. The van der Waals surface area contributed by atoms with Gasteiger partial charge in [0.1, 0.15) is 0 Å². The lowest BCUT2D eigenvalue weighted by atomic mass is 9.86.